The predicted octanol–water partition coefficient (Wildman–Crippen LogP) is 2.25. The molecule has 0 aliphatic heterocycles. The summed E-state index contributed by atoms with van der Waals surface area (Å²) in [5.74, 6) is 0.387. The molecule has 2 rings (SSSR count). The van der Waals surface area contributed by atoms with E-state index in [2.05, 4.69) is 4.98 Å². The topological polar surface area (TPSA) is 52.0 Å². The molecule has 0 fully saturated rings. The summed E-state index contributed by atoms with van der Waals surface area (Å²) in [6.07, 6.45) is 1.34. The Kier molecular flexibility index (Phi) is 2.51. The van der Waals surface area contributed by atoms with E-state index < -0.39 is 0 Å². The third-order valence-electron chi connectivity index (χ3n) is 2.26. The smallest absolute Gasteiger partial charge is 0.181 e. The van der Waals surface area contributed by atoms with E-state index in [1.807, 2.05) is 0 Å². The van der Waals surface area contributed by atoms with Gasteiger partial charge in [0.1, 0.15) is 17.3 Å². The lowest BCUT2D eigenvalue weighted by Gasteiger charge is -2.01. The molecule has 0 bridgehead atoms. The molecule has 0 radical (unpaired) electrons. The van der Waals surface area contributed by atoms with Gasteiger partial charge in [0.25, 0.3) is 0 Å². The summed E-state index contributed by atoms with van der Waals surface area (Å²) in [5, 5.41) is 0. The van der Waals surface area contributed by atoms with Gasteiger partial charge in [-0.25, -0.2) is 9.37 Å². The second kappa shape index (κ2) is 3.82. The Bertz CT molecular complexity index is 479. The normalized spacial score (nSPS) is 10.6. The zero-order valence-corrected chi connectivity index (χ0v) is 8.33. The first-order valence-electron chi connectivity index (χ1n) is 4.61. The first kappa shape index (κ1) is 9.86. The van der Waals surface area contributed by atoms with Gasteiger partial charge >= 0.3 is 0 Å². The van der Waals surface area contributed by atoms with Gasteiger partial charge in [0, 0.05) is 5.56 Å². The van der Waals surface area contributed by atoms with Crippen molar-refractivity contribution in [3.05, 3.63) is 41.7 Å². The third-order valence-corrected chi connectivity index (χ3v) is 2.26. The number of nitrogens with zero attached hydrogens (tertiary/aromatic N) is 1. The lowest BCUT2D eigenvalue weighted by molar-refractivity contribution is 0.507. The molecule has 2 aromatic rings. The van der Waals surface area contributed by atoms with Gasteiger partial charge in [-0.05, 0) is 30.7 Å². The van der Waals surface area contributed by atoms with Crippen LogP contribution in [0.4, 0.5) is 4.39 Å². The van der Waals surface area contributed by atoms with Crippen LogP contribution >= 0.6 is 0 Å². The fourth-order valence-corrected chi connectivity index (χ4v) is 1.44. The lowest BCUT2D eigenvalue weighted by atomic mass is 10.1. The monoisotopic (exact) mass is 206 g/mol. The van der Waals surface area contributed by atoms with Gasteiger partial charge < -0.3 is 10.2 Å². The highest BCUT2D eigenvalue weighted by Gasteiger charge is 2.10. The van der Waals surface area contributed by atoms with Crippen molar-refractivity contribution in [2.24, 2.45) is 5.73 Å². The Labute approximate surface area is 86.7 Å². The highest BCUT2D eigenvalue weighted by molar-refractivity contribution is 5.61. The van der Waals surface area contributed by atoms with Crippen LogP contribution in [0.25, 0.3) is 11.3 Å². The number of hydrogen-bond acceptors (Lipinski definition) is 3. The summed E-state index contributed by atoms with van der Waals surface area (Å²) in [6.45, 7) is 1.99. The SMILES string of the molecule is Cc1cc(-c2ncoc2CN)ccc1F. The van der Waals surface area contributed by atoms with E-state index in [-0.39, 0.29) is 12.4 Å². The maximum absolute atomic E-state index is 13.1. The first-order chi connectivity index (χ1) is 7.22. The van der Waals surface area contributed by atoms with Crippen LogP contribution < -0.4 is 5.73 Å². The fourth-order valence-electron chi connectivity index (χ4n) is 1.44. The van der Waals surface area contributed by atoms with Gasteiger partial charge in [-0.1, -0.05) is 0 Å². The molecule has 15 heavy (non-hydrogen) atoms. The van der Waals surface area contributed by atoms with Crippen LogP contribution in [0.1, 0.15) is 11.3 Å². The number of oxazole rings is 1. The molecule has 1 heterocycles. The molecule has 1 aromatic carbocycles. The first-order valence-corrected chi connectivity index (χ1v) is 4.61. The van der Waals surface area contributed by atoms with E-state index in [1.165, 1.54) is 12.5 Å². The van der Waals surface area contributed by atoms with E-state index in [1.54, 1.807) is 19.1 Å². The number of halogens is 1. The minimum absolute atomic E-state index is 0.225. The second-order valence-corrected chi connectivity index (χ2v) is 3.29. The summed E-state index contributed by atoms with van der Waals surface area (Å²) in [5.41, 5.74) is 7.58. The van der Waals surface area contributed by atoms with Crippen LogP contribution in [-0.2, 0) is 6.54 Å². The number of aryl methyl sites for hydroxylation is 1. The molecule has 0 spiro atoms. The molecule has 78 valence electrons. The fraction of sp³-hybridized carbons (Fsp3) is 0.182. The van der Waals surface area contributed by atoms with Gasteiger partial charge in [0.15, 0.2) is 6.39 Å². The van der Waals surface area contributed by atoms with Gasteiger partial charge in [-0.2, -0.15) is 0 Å². The summed E-state index contributed by atoms with van der Waals surface area (Å²) in [4.78, 5) is 4.06. The van der Waals surface area contributed by atoms with Crippen LogP contribution in [0.15, 0.2) is 29.0 Å². The van der Waals surface area contributed by atoms with E-state index in [4.69, 9.17) is 10.2 Å². The Morgan fingerprint density at radius 3 is 2.93 bits per heavy atom. The molecular weight excluding hydrogens is 195 g/mol. The summed E-state index contributed by atoms with van der Waals surface area (Å²) in [7, 11) is 0. The quantitative estimate of drug-likeness (QED) is 0.819. The van der Waals surface area contributed by atoms with Crippen molar-refractivity contribution in [1.29, 1.82) is 0 Å². The minimum Gasteiger partial charge on any atom is -0.446 e. The van der Waals surface area contributed by atoms with Crippen LogP contribution in [0.2, 0.25) is 0 Å². The molecule has 0 aliphatic carbocycles. The van der Waals surface area contributed by atoms with Gasteiger partial charge in [-0.3, -0.25) is 0 Å². The molecule has 3 nitrogen and oxygen atoms in total. The second-order valence-electron chi connectivity index (χ2n) is 3.29. The zero-order chi connectivity index (χ0) is 10.8. The van der Waals surface area contributed by atoms with Crippen molar-refractivity contribution in [2.45, 2.75) is 13.5 Å². The zero-order valence-electron chi connectivity index (χ0n) is 8.33. The number of hydrogen-bond donors (Lipinski definition) is 1. The molecular formula is C11H11FN2O. The molecule has 1 aromatic heterocycles. The number of aromatic nitrogens is 1. The van der Waals surface area contributed by atoms with Crippen molar-refractivity contribution in [3.63, 3.8) is 0 Å². The molecule has 0 unspecified atom stereocenters. The molecule has 0 saturated carbocycles. The summed E-state index contributed by atoms with van der Waals surface area (Å²) in [6, 6.07) is 4.81. The Balaban J connectivity index is 2.50. The maximum Gasteiger partial charge on any atom is 0.181 e. The van der Waals surface area contributed by atoms with Crippen molar-refractivity contribution < 1.29 is 8.81 Å². The van der Waals surface area contributed by atoms with Crippen LogP contribution in [-0.4, -0.2) is 4.98 Å². The van der Waals surface area contributed by atoms with E-state index in [0.717, 1.165) is 5.56 Å². The molecule has 0 aliphatic rings. The summed E-state index contributed by atoms with van der Waals surface area (Å²) < 4.78 is 18.2. The largest absolute Gasteiger partial charge is 0.446 e. The Morgan fingerprint density at radius 2 is 2.27 bits per heavy atom. The standard InChI is InChI=1S/C11H11FN2O/c1-7-4-8(2-3-9(7)12)11-10(5-13)15-6-14-11/h2-4,6H,5,13H2,1H3. The Morgan fingerprint density at radius 1 is 1.47 bits per heavy atom. The number of rotatable bonds is 2. The van der Waals surface area contributed by atoms with Gasteiger partial charge in [0.05, 0.1) is 6.54 Å². The number of benzene rings is 1. The van der Waals surface area contributed by atoms with Crippen molar-refractivity contribution in [1.82, 2.24) is 4.98 Å². The summed E-state index contributed by atoms with van der Waals surface area (Å²) >= 11 is 0. The van der Waals surface area contributed by atoms with E-state index >= 15 is 0 Å². The van der Waals surface area contributed by atoms with E-state index in [9.17, 15) is 4.39 Å². The average Bonchev–Trinajstić information content (AvgIpc) is 2.70. The highest BCUT2D eigenvalue weighted by Crippen LogP contribution is 2.23. The molecule has 0 amide bonds. The van der Waals surface area contributed by atoms with Crippen LogP contribution in [0.5, 0.6) is 0 Å². The average molecular weight is 206 g/mol. The van der Waals surface area contributed by atoms with Crippen molar-refractivity contribution >= 4 is 0 Å². The molecule has 0 saturated heterocycles. The Hall–Kier alpha value is -1.68. The highest BCUT2D eigenvalue weighted by atomic mass is 19.1. The van der Waals surface area contributed by atoms with Crippen molar-refractivity contribution in [2.75, 3.05) is 0 Å². The van der Waals surface area contributed by atoms with Crippen LogP contribution in [0, 0.1) is 12.7 Å². The predicted molar refractivity (Wildman–Crippen MR) is 54.5 cm³/mol. The number of nitrogens with two attached hydrogens (primary N) is 1. The van der Waals surface area contributed by atoms with Gasteiger partial charge in [-0.15, -0.1) is 0 Å². The third kappa shape index (κ3) is 1.76. The lowest BCUT2D eigenvalue weighted by Crippen LogP contribution is -1.97. The molecule has 2 N–H and O–H groups in total. The van der Waals surface area contributed by atoms with Gasteiger partial charge in [0.2, 0.25) is 0 Å². The minimum atomic E-state index is -0.225. The van der Waals surface area contributed by atoms with Crippen LogP contribution in [0.3, 0.4) is 0 Å². The molecule has 4 heteroatoms. The van der Waals surface area contributed by atoms with Crippen molar-refractivity contribution in [3.8, 4) is 11.3 Å². The maximum atomic E-state index is 13.1. The van der Waals surface area contributed by atoms with E-state index in [0.29, 0.717) is 17.0 Å². The molecule has 0 atom stereocenters.